The molecule has 0 spiro atoms. The number of fused-ring (bicyclic) bond motifs is 7. The quantitative estimate of drug-likeness (QED) is 0.223. The van der Waals surface area contributed by atoms with E-state index >= 15 is 4.79 Å². The number of nitrogens with one attached hydrogen (secondary N) is 1. The molecular formula is C51H65NO8. The molecule has 3 aromatic rings. The lowest BCUT2D eigenvalue weighted by molar-refractivity contribution is -0.186. The summed E-state index contributed by atoms with van der Waals surface area (Å²) in [6.45, 7) is 19.5. The molecule has 0 saturated heterocycles. The van der Waals surface area contributed by atoms with Gasteiger partial charge in [0, 0.05) is 17.4 Å². The number of allylic oxidation sites excluding steroid dienone is 2. The van der Waals surface area contributed by atoms with E-state index in [2.05, 4.69) is 53.8 Å². The normalized spacial score (nSPS) is 37.2. The summed E-state index contributed by atoms with van der Waals surface area (Å²) in [6.07, 6.45) is 8.76. The molecule has 4 fully saturated rings. The number of esters is 1. The minimum absolute atomic E-state index is 0.0218. The van der Waals surface area contributed by atoms with Crippen LogP contribution in [0.25, 0.3) is 0 Å². The van der Waals surface area contributed by atoms with E-state index in [1.54, 1.807) is 0 Å². The second-order valence-electron chi connectivity index (χ2n) is 21.2. The van der Waals surface area contributed by atoms with Crippen molar-refractivity contribution >= 4 is 17.8 Å². The van der Waals surface area contributed by atoms with Gasteiger partial charge in [-0.3, -0.25) is 9.59 Å². The second kappa shape index (κ2) is 14.9. The predicted octanol–water partition coefficient (Wildman–Crippen LogP) is 11.3. The highest BCUT2D eigenvalue weighted by molar-refractivity contribution is 5.96. The Balaban J connectivity index is 1.06. The summed E-state index contributed by atoms with van der Waals surface area (Å²) >= 11 is 0. The predicted molar refractivity (Wildman–Crippen MR) is 229 cm³/mol. The summed E-state index contributed by atoms with van der Waals surface area (Å²) in [4.78, 5) is 55.3. The van der Waals surface area contributed by atoms with Crippen molar-refractivity contribution in [3.63, 3.8) is 0 Å². The van der Waals surface area contributed by atoms with Gasteiger partial charge in [0.2, 0.25) is 0 Å². The molecular weight excluding hydrogens is 755 g/mol. The van der Waals surface area contributed by atoms with Crippen molar-refractivity contribution in [3.8, 4) is 0 Å². The fraction of sp³-hybridized carbons (Fsp3) is 0.608. The van der Waals surface area contributed by atoms with Gasteiger partial charge in [0.15, 0.2) is 30.0 Å². The van der Waals surface area contributed by atoms with Crippen molar-refractivity contribution in [2.45, 2.75) is 144 Å². The van der Waals surface area contributed by atoms with Crippen LogP contribution in [-0.4, -0.2) is 23.4 Å². The highest BCUT2D eigenvalue weighted by Gasteiger charge is 2.71. The zero-order chi connectivity index (χ0) is 43.0. The van der Waals surface area contributed by atoms with Crippen LogP contribution in [0.3, 0.4) is 0 Å². The molecule has 322 valence electrons. The second-order valence-corrected chi connectivity index (χ2v) is 21.2. The molecule has 0 radical (unpaired) electrons. The largest absolute Gasteiger partial charge is 0.519 e. The minimum Gasteiger partial charge on any atom is -0.452 e. The van der Waals surface area contributed by atoms with Gasteiger partial charge in [-0.25, -0.2) is 9.59 Å². The van der Waals surface area contributed by atoms with Crippen LogP contribution in [0, 0.1) is 50.7 Å². The molecule has 9 nitrogen and oxygen atoms in total. The molecule has 5 aliphatic carbocycles. The molecule has 2 aromatic carbocycles. The van der Waals surface area contributed by atoms with Crippen LogP contribution in [-0.2, 0) is 25.7 Å². The van der Waals surface area contributed by atoms with Crippen molar-refractivity contribution in [2.24, 2.45) is 50.7 Å². The Kier molecular flexibility index (Phi) is 10.5. The van der Waals surface area contributed by atoms with Crippen molar-refractivity contribution in [1.29, 1.82) is 0 Å². The van der Waals surface area contributed by atoms with E-state index in [-0.39, 0.29) is 75.4 Å². The van der Waals surface area contributed by atoms with Gasteiger partial charge in [-0.1, -0.05) is 115 Å². The number of amides is 1. The Hall–Kier alpha value is -4.40. The van der Waals surface area contributed by atoms with Crippen LogP contribution in [0.15, 0.2) is 85.9 Å². The number of hydrogen-bond acceptors (Lipinski definition) is 8. The SMILES string of the molecule is CC(C)c1oc(=O)oc1COC(=O)N[C@@]1(C)[C@@H]2CC[C@]3(C)[C@H](C(=O)C=C4[C@@H]5C[C@@](C)(C(=O)OC(c6ccccc6)c6ccccc6)CC[C@]5(C)CC[C@]43C)[C@@]2(C)CC[C@@H]1C. The standard InChI is InChI=1S/C51H65NO8/c1-31(2)40-38(58-45(56)60-40)30-57-44(55)52-51(9)32(3)20-22-48(6)39(51)21-23-50(8)42(48)37(53)28-35-36-29-47(5,25-24-46(36,4)26-27-49(35,50)7)43(54)59-41(33-16-12-10-13-17-33)34-18-14-11-15-19-34/h10-19,28,31-32,36,39,41-42H,20-27,29-30H2,1-9H3,(H,52,55)/t32-,36-,39+,42+,46+,47-,48-,49+,50+,51+/m0/s1. The Morgan fingerprint density at radius 2 is 1.45 bits per heavy atom. The molecule has 1 N–H and O–H groups in total. The Morgan fingerprint density at radius 1 is 0.817 bits per heavy atom. The van der Waals surface area contributed by atoms with Crippen LogP contribution in [0.1, 0.15) is 155 Å². The van der Waals surface area contributed by atoms with E-state index < -0.39 is 29.0 Å². The van der Waals surface area contributed by atoms with E-state index in [4.69, 9.17) is 18.3 Å². The number of ether oxygens (including phenoxy) is 2. The first kappa shape index (κ1) is 42.3. The van der Waals surface area contributed by atoms with Gasteiger partial charge < -0.3 is 23.6 Å². The van der Waals surface area contributed by atoms with E-state index in [1.807, 2.05) is 80.6 Å². The van der Waals surface area contributed by atoms with E-state index in [1.165, 1.54) is 5.57 Å². The van der Waals surface area contributed by atoms with Crippen molar-refractivity contribution in [3.05, 3.63) is 106 Å². The lowest BCUT2D eigenvalue weighted by atomic mass is 9.33. The fourth-order valence-electron chi connectivity index (χ4n) is 13.5. The molecule has 9 heteroatoms. The molecule has 0 unspecified atom stereocenters. The molecule has 8 rings (SSSR count). The molecule has 5 aliphatic rings. The van der Waals surface area contributed by atoms with Crippen molar-refractivity contribution in [2.75, 3.05) is 0 Å². The lowest BCUT2D eigenvalue weighted by Gasteiger charge is -2.70. The number of rotatable bonds is 8. The third-order valence-electron chi connectivity index (χ3n) is 17.5. The van der Waals surface area contributed by atoms with E-state index in [9.17, 15) is 14.4 Å². The maximum Gasteiger partial charge on any atom is 0.519 e. The number of ketones is 1. The first-order valence-electron chi connectivity index (χ1n) is 22.4. The molecule has 0 aliphatic heterocycles. The average Bonchev–Trinajstić information content (AvgIpc) is 3.60. The maximum absolute atomic E-state index is 15.2. The van der Waals surface area contributed by atoms with Crippen LogP contribution in [0.4, 0.5) is 4.79 Å². The summed E-state index contributed by atoms with van der Waals surface area (Å²) < 4.78 is 22.7. The summed E-state index contributed by atoms with van der Waals surface area (Å²) in [5.41, 5.74) is 0.835. The monoisotopic (exact) mass is 819 g/mol. The van der Waals surface area contributed by atoms with Gasteiger partial charge in [-0.05, 0) is 128 Å². The highest BCUT2D eigenvalue weighted by atomic mass is 16.6. The molecule has 4 saturated carbocycles. The smallest absolute Gasteiger partial charge is 0.452 e. The molecule has 10 atom stereocenters. The van der Waals surface area contributed by atoms with Gasteiger partial charge in [0.05, 0.1) is 5.41 Å². The van der Waals surface area contributed by atoms with Crippen LogP contribution >= 0.6 is 0 Å². The lowest BCUT2D eigenvalue weighted by Crippen LogP contribution is -2.70. The first-order valence-corrected chi connectivity index (χ1v) is 22.4. The number of hydrogen-bond donors (Lipinski definition) is 1. The fourth-order valence-corrected chi connectivity index (χ4v) is 13.5. The molecule has 60 heavy (non-hydrogen) atoms. The van der Waals surface area contributed by atoms with Gasteiger partial charge in [0.1, 0.15) is 0 Å². The van der Waals surface area contributed by atoms with Crippen molar-refractivity contribution < 1.29 is 32.7 Å². The zero-order valence-corrected chi connectivity index (χ0v) is 37.2. The number of benzene rings is 2. The van der Waals surface area contributed by atoms with Crippen LogP contribution in [0.2, 0.25) is 0 Å². The Morgan fingerprint density at radius 3 is 2.08 bits per heavy atom. The Labute approximate surface area is 355 Å². The van der Waals surface area contributed by atoms with Crippen LogP contribution in [0.5, 0.6) is 0 Å². The van der Waals surface area contributed by atoms with Crippen molar-refractivity contribution in [1.82, 2.24) is 5.32 Å². The average molecular weight is 820 g/mol. The summed E-state index contributed by atoms with van der Waals surface area (Å²) in [5, 5.41) is 3.30. The molecule has 1 aromatic heterocycles. The summed E-state index contributed by atoms with van der Waals surface area (Å²) in [7, 11) is 0. The highest BCUT2D eigenvalue weighted by Crippen LogP contribution is 2.74. The van der Waals surface area contributed by atoms with Gasteiger partial charge in [-0.15, -0.1) is 0 Å². The van der Waals surface area contributed by atoms with Gasteiger partial charge in [-0.2, -0.15) is 0 Å². The molecule has 1 heterocycles. The first-order chi connectivity index (χ1) is 28.3. The van der Waals surface area contributed by atoms with Gasteiger partial charge >= 0.3 is 17.9 Å². The van der Waals surface area contributed by atoms with E-state index in [0.29, 0.717) is 12.2 Å². The maximum atomic E-state index is 15.2. The molecule has 0 bridgehead atoms. The zero-order valence-electron chi connectivity index (χ0n) is 37.2. The summed E-state index contributed by atoms with van der Waals surface area (Å²) in [5.74, 6) is -0.279. The summed E-state index contributed by atoms with van der Waals surface area (Å²) in [6, 6.07) is 20.0. The minimum atomic E-state index is -0.812. The van der Waals surface area contributed by atoms with Crippen LogP contribution < -0.4 is 11.1 Å². The van der Waals surface area contributed by atoms with Gasteiger partial charge in [0.25, 0.3) is 0 Å². The number of alkyl carbamates (subject to hydrolysis) is 1. The third kappa shape index (κ3) is 6.63. The molecule has 1 amide bonds. The number of carbonyl (C=O) groups excluding carboxylic acids is 3. The van der Waals surface area contributed by atoms with E-state index in [0.717, 1.165) is 62.5 Å². The topological polar surface area (TPSA) is 125 Å². The Bertz CT molecular complexity index is 2180. The third-order valence-corrected chi connectivity index (χ3v) is 17.5. The number of carbonyl (C=O) groups is 3.